The lowest BCUT2D eigenvalue weighted by molar-refractivity contribution is 0.102. The number of nitrogens with two attached hydrogens (primary N) is 1. The summed E-state index contributed by atoms with van der Waals surface area (Å²) in [5, 5.41) is 2.84. The van der Waals surface area contributed by atoms with Crippen molar-refractivity contribution in [2.24, 2.45) is 5.84 Å². The predicted molar refractivity (Wildman–Crippen MR) is 84.9 cm³/mol. The molecule has 1 heterocycles. The molecular weight excluding hydrogens is 336 g/mol. The number of hydrogen-bond donors (Lipinski definition) is 3. The monoisotopic (exact) mass is 350 g/mol. The molecule has 0 saturated heterocycles. The minimum Gasteiger partial charge on any atom is -0.380 e. The van der Waals surface area contributed by atoms with Crippen LogP contribution in [-0.4, -0.2) is 18.0 Å². The Morgan fingerprint density at radius 2 is 2.19 bits per heavy atom. The molecule has 7 heteroatoms. The van der Waals surface area contributed by atoms with Gasteiger partial charge in [-0.1, -0.05) is 18.2 Å². The van der Waals surface area contributed by atoms with Crippen LogP contribution >= 0.6 is 15.9 Å². The number of rotatable bonds is 5. The van der Waals surface area contributed by atoms with Crippen molar-refractivity contribution >= 4 is 33.3 Å². The Morgan fingerprint density at radius 1 is 1.43 bits per heavy atom. The quantitative estimate of drug-likeness (QED) is 0.569. The first-order valence-corrected chi connectivity index (χ1v) is 6.95. The van der Waals surface area contributed by atoms with Gasteiger partial charge in [0, 0.05) is 29.0 Å². The molecule has 1 aromatic carbocycles. The number of methoxy groups -OCH3 is 1. The number of halogens is 1. The fourth-order valence-electron chi connectivity index (χ4n) is 1.84. The number of nitrogens with one attached hydrogen (secondary N) is 2. The lowest BCUT2D eigenvalue weighted by Gasteiger charge is -2.12. The molecule has 0 radical (unpaired) electrons. The zero-order chi connectivity index (χ0) is 15.2. The van der Waals surface area contributed by atoms with Crippen LogP contribution in [0.15, 0.2) is 41.0 Å². The summed E-state index contributed by atoms with van der Waals surface area (Å²) in [4.78, 5) is 16.4. The van der Waals surface area contributed by atoms with E-state index >= 15 is 0 Å². The lowest BCUT2D eigenvalue weighted by atomic mass is 10.1. The highest BCUT2D eigenvalue weighted by Gasteiger charge is 2.14. The number of anilines is 2. The van der Waals surface area contributed by atoms with Gasteiger partial charge in [0.1, 0.15) is 0 Å². The molecule has 0 aliphatic rings. The van der Waals surface area contributed by atoms with E-state index < -0.39 is 0 Å². The van der Waals surface area contributed by atoms with Gasteiger partial charge < -0.3 is 15.5 Å². The highest BCUT2D eigenvalue weighted by atomic mass is 79.9. The van der Waals surface area contributed by atoms with Gasteiger partial charge in [-0.15, -0.1) is 0 Å². The molecule has 0 aliphatic carbocycles. The third-order valence-electron chi connectivity index (χ3n) is 2.80. The average molecular weight is 351 g/mol. The number of aromatic nitrogens is 1. The van der Waals surface area contributed by atoms with E-state index in [1.165, 1.54) is 0 Å². The Bertz CT molecular complexity index is 649. The Hall–Kier alpha value is -1.96. The maximum Gasteiger partial charge on any atom is 0.259 e. The van der Waals surface area contributed by atoms with Crippen molar-refractivity contribution in [1.82, 2.24) is 4.98 Å². The van der Waals surface area contributed by atoms with Gasteiger partial charge in [0.25, 0.3) is 5.91 Å². The summed E-state index contributed by atoms with van der Waals surface area (Å²) < 4.78 is 5.81. The van der Waals surface area contributed by atoms with E-state index in [0.717, 1.165) is 5.56 Å². The summed E-state index contributed by atoms with van der Waals surface area (Å²) in [5.41, 5.74) is 4.33. The second-order valence-corrected chi connectivity index (χ2v) is 5.15. The van der Waals surface area contributed by atoms with Gasteiger partial charge in [-0.25, -0.2) is 10.8 Å². The number of hydrogen-bond acceptors (Lipinski definition) is 5. The number of nitrogens with zero attached hydrogens (tertiary/aromatic N) is 1. The fourth-order valence-corrected chi connectivity index (χ4v) is 2.17. The zero-order valence-corrected chi connectivity index (χ0v) is 13.0. The van der Waals surface area contributed by atoms with Crippen LogP contribution in [0, 0.1) is 0 Å². The maximum atomic E-state index is 12.4. The number of carbonyl (C=O) groups is 1. The number of pyridine rings is 1. The molecule has 0 spiro atoms. The standard InChI is InChI=1S/C14H15BrN4O2/c1-21-8-9-4-2-3-5-12(9)18-14(20)11-6-10(15)7-17-13(11)19-16/h2-7H,8,16H2,1H3,(H,17,19)(H,18,20). The molecule has 2 aromatic rings. The van der Waals surface area contributed by atoms with Crippen LogP contribution in [0.1, 0.15) is 15.9 Å². The van der Waals surface area contributed by atoms with Gasteiger partial charge in [-0.05, 0) is 28.1 Å². The normalized spacial score (nSPS) is 10.2. The summed E-state index contributed by atoms with van der Waals surface area (Å²) >= 11 is 3.29. The molecule has 1 amide bonds. The molecule has 0 bridgehead atoms. The number of amides is 1. The number of nitrogen functional groups attached to an aromatic ring is 1. The van der Waals surface area contributed by atoms with E-state index in [1.54, 1.807) is 19.4 Å². The fraction of sp³-hybridized carbons (Fsp3) is 0.143. The van der Waals surface area contributed by atoms with Gasteiger partial charge in [-0.2, -0.15) is 0 Å². The van der Waals surface area contributed by atoms with Crippen LogP contribution < -0.4 is 16.6 Å². The first-order valence-electron chi connectivity index (χ1n) is 6.16. The second-order valence-electron chi connectivity index (χ2n) is 4.24. The Kier molecular flexibility index (Phi) is 5.26. The van der Waals surface area contributed by atoms with Crippen molar-refractivity contribution in [3.05, 3.63) is 52.1 Å². The minimum absolute atomic E-state index is 0.305. The van der Waals surface area contributed by atoms with Crippen molar-refractivity contribution in [3.63, 3.8) is 0 Å². The van der Waals surface area contributed by atoms with E-state index in [2.05, 4.69) is 31.7 Å². The van der Waals surface area contributed by atoms with E-state index in [1.807, 2.05) is 24.3 Å². The molecule has 6 nitrogen and oxygen atoms in total. The van der Waals surface area contributed by atoms with Crippen molar-refractivity contribution in [2.75, 3.05) is 17.9 Å². The largest absolute Gasteiger partial charge is 0.380 e. The molecule has 4 N–H and O–H groups in total. The Labute approximate surface area is 130 Å². The van der Waals surface area contributed by atoms with Gasteiger partial charge in [-0.3, -0.25) is 4.79 Å². The highest BCUT2D eigenvalue weighted by Crippen LogP contribution is 2.21. The topological polar surface area (TPSA) is 89.3 Å². The number of carbonyl (C=O) groups excluding carboxylic acids is 1. The SMILES string of the molecule is COCc1ccccc1NC(=O)c1cc(Br)cnc1NN. The van der Waals surface area contributed by atoms with Crippen molar-refractivity contribution in [2.45, 2.75) is 6.61 Å². The molecule has 0 fully saturated rings. The van der Waals surface area contributed by atoms with E-state index in [4.69, 9.17) is 10.6 Å². The van der Waals surface area contributed by atoms with Gasteiger partial charge >= 0.3 is 0 Å². The first-order chi connectivity index (χ1) is 10.2. The second kappa shape index (κ2) is 7.16. The molecule has 2 rings (SSSR count). The average Bonchev–Trinajstić information content (AvgIpc) is 2.49. The van der Waals surface area contributed by atoms with Gasteiger partial charge in [0.2, 0.25) is 0 Å². The highest BCUT2D eigenvalue weighted by molar-refractivity contribution is 9.10. The summed E-state index contributed by atoms with van der Waals surface area (Å²) in [6, 6.07) is 9.08. The summed E-state index contributed by atoms with van der Waals surface area (Å²) in [5.74, 6) is 5.38. The summed E-state index contributed by atoms with van der Waals surface area (Å²) in [6.07, 6.45) is 1.56. The van der Waals surface area contributed by atoms with Crippen LogP contribution in [0.4, 0.5) is 11.5 Å². The van der Waals surface area contributed by atoms with Crippen molar-refractivity contribution in [1.29, 1.82) is 0 Å². The molecule has 0 atom stereocenters. The van der Waals surface area contributed by atoms with E-state index in [-0.39, 0.29) is 5.91 Å². The molecule has 0 saturated carbocycles. The molecular formula is C14H15BrN4O2. The number of ether oxygens (including phenoxy) is 1. The molecule has 0 aliphatic heterocycles. The van der Waals surface area contributed by atoms with E-state index in [0.29, 0.717) is 28.1 Å². The van der Waals surface area contributed by atoms with E-state index in [9.17, 15) is 4.79 Å². The third-order valence-corrected chi connectivity index (χ3v) is 3.23. The summed E-state index contributed by atoms with van der Waals surface area (Å²) in [7, 11) is 1.60. The maximum absolute atomic E-state index is 12.4. The third kappa shape index (κ3) is 3.78. The summed E-state index contributed by atoms with van der Waals surface area (Å²) in [6.45, 7) is 0.412. The van der Waals surface area contributed by atoms with Crippen LogP contribution in [0.5, 0.6) is 0 Å². The van der Waals surface area contributed by atoms with Crippen molar-refractivity contribution in [3.8, 4) is 0 Å². The zero-order valence-electron chi connectivity index (χ0n) is 11.4. The molecule has 110 valence electrons. The minimum atomic E-state index is -0.305. The van der Waals surface area contributed by atoms with Gasteiger partial charge in [0.15, 0.2) is 5.82 Å². The Balaban J connectivity index is 2.28. The smallest absolute Gasteiger partial charge is 0.259 e. The molecule has 1 aromatic heterocycles. The Morgan fingerprint density at radius 3 is 2.90 bits per heavy atom. The van der Waals surface area contributed by atoms with Crippen molar-refractivity contribution < 1.29 is 9.53 Å². The number of para-hydroxylation sites is 1. The predicted octanol–water partition coefficient (Wildman–Crippen LogP) is 2.53. The number of benzene rings is 1. The van der Waals surface area contributed by atoms with Crippen LogP contribution in [0.3, 0.4) is 0 Å². The van der Waals surface area contributed by atoms with Crippen LogP contribution in [0.25, 0.3) is 0 Å². The number of hydrazine groups is 1. The first kappa shape index (κ1) is 15.4. The molecule has 21 heavy (non-hydrogen) atoms. The van der Waals surface area contributed by atoms with Crippen LogP contribution in [0.2, 0.25) is 0 Å². The van der Waals surface area contributed by atoms with Crippen LogP contribution in [-0.2, 0) is 11.3 Å². The molecule has 0 unspecified atom stereocenters. The lowest BCUT2D eigenvalue weighted by Crippen LogP contribution is -2.19. The van der Waals surface area contributed by atoms with Gasteiger partial charge in [0.05, 0.1) is 12.2 Å².